The third-order valence-corrected chi connectivity index (χ3v) is 3.11. The first-order valence-corrected chi connectivity index (χ1v) is 7.09. The lowest BCUT2D eigenvalue weighted by Gasteiger charge is -2.10. The van der Waals surface area contributed by atoms with Crippen molar-refractivity contribution in [1.29, 1.82) is 0 Å². The summed E-state index contributed by atoms with van der Waals surface area (Å²) in [7, 11) is 0. The van der Waals surface area contributed by atoms with Crippen LogP contribution in [0.5, 0.6) is 5.75 Å². The van der Waals surface area contributed by atoms with Gasteiger partial charge >= 0.3 is 11.9 Å². The molecule has 4 nitrogen and oxygen atoms in total. The summed E-state index contributed by atoms with van der Waals surface area (Å²) in [6, 6.07) is 2.27. The first kappa shape index (κ1) is 17.6. The number of hydrogen-bond donors (Lipinski definition) is 1. The Balaban J connectivity index is 2.67. The summed E-state index contributed by atoms with van der Waals surface area (Å²) in [5, 5.41) is 10.8. The van der Waals surface area contributed by atoms with Crippen LogP contribution in [0, 0.1) is 10.1 Å². The molecule has 1 aromatic rings. The van der Waals surface area contributed by atoms with Gasteiger partial charge in [0.2, 0.25) is 0 Å². The minimum atomic E-state index is -4.61. The number of nitro benzene ring substituents is 1. The Morgan fingerprint density at radius 2 is 1.86 bits per heavy atom. The lowest BCUT2D eigenvalue weighted by molar-refractivity contribution is -0.386. The minimum Gasteiger partial charge on any atom is -0.487 e. The summed E-state index contributed by atoms with van der Waals surface area (Å²) in [6.07, 6.45) is -1.09. The van der Waals surface area contributed by atoms with Gasteiger partial charge in [0, 0.05) is 6.07 Å². The first-order valence-electron chi connectivity index (χ1n) is 6.45. The number of hydrogen-bond acceptors (Lipinski definition) is 4. The van der Waals surface area contributed by atoms with Gasteiger partial charge in [-0.25, -0.2) is 0 Å². The molecule has 0 spiro atoms. The lowest BCUT2D eigenvalue weighted by Crippen LogP contribution is -2.07. The zero-order valence-corrected chi connectivity index (χ0v) is 12.1. The summed E-state index contributed by atoms with van der Waals surface area (Å²) in [5.41, 5.74) is -1.73. The molecule has 8 heteroatoms. The SMILES string of the molecule is O=[N+]([O-])c1cc(C(F)(F)F)ccc1OCCCCCCS. The summed E-state index contributed by atoms with van der Waals surface area (Å²) < 4.78 is 42.8. The van der Waals surface area contributed by atoms with E-state index in [1.165, 1.54) is 0 Å². The highest BCUT2D eigenvalue weighted by molar-refractivity contribution is 7.80. The van der Waals surface area contributed by atoms with Gasteiger partial charge in [-0.2, -0.15) is 25.8 Å². The number of nitro groups is 1. The molecular formula is C13H16F3NO3S. The van der Waals surface area contributed by atoms with Crippen LogP contribution in [0.4, 0.5) is 18.9 Å². The molecule has 21 heavy (non-hydrogen) atoms. The molecule has 0 radical (unpaired) electrons. The number of alkyl halides is 3. The van der Waals surface area contributed by atoms with E-state index >= 15 is 0 Å². The number of ether oxygens (including phenoxy) is 1. The van der Waals surface area contributed by atoms with Crippen molar-refractivity contribution in [3.8, 4) is 5.75 Å². The van der Waals surface area contributed by atoms with Crippen molar-refractivity contribution in [3.05, 3.63) is 33.9 Å². The molecule has 0 aromatic heterocycles. The van der Waals surface area contributed by atoms with Crippen molar-refractivity contribution in [3.63, 3.8) is 0 Å². The van der Waals surface area contributed by atoms with Gasteiger partial charge in [-0.05, 0) is 30.7 Å². The fourth-order valence-electron chi connectivity index (χ4n) is 1.71. The van der Waals surface area contributed by atoms with Crippen molar-refractivity contribution in [1.82, 2.24) is 0 Å². The largest absolute Gasteiger partial charge is 0.487 e. The Labute approximate surface area is 125 Å². The van der Waals surface area contributed by atoms with Gasteiger partial charge in [-0.3, -0.25) is 10.1 Å². The van der Waals surface area contributed by atoms with Crippen molar-refractivity contribution in [2.24, 2.45) is 0 Å². The van der Waals surface area contributed by atoms with E-state index in [1.54, 1.807) is 0 Å². The molecule has 0 unspecified atom stereocenters. The summed E-state index contributed by atoms with van der Waals surface area (Å²) in [4.78, 5) is 9.96. The van der Waals surface area contributed by atoms with E-state index in [9.17, 15) is 23.3 Å². The van der Waals surface area contributed by atoms with Crippen LogP contribution >= 0.6 is 12.6 Å². The van der Waals surface area contributed by atoms with E-state index in [1.807, 2.05) is 0 Å². The number of unbranched alkanes of at least 4 members (excludes halogenated alkanes) is 3. The summed E-state index contributed by atoms with van der Waals surface area (Å²) in [5.74, 6) is 0.660. The van der Waals surface area contributed by atoms with Crippen LogP contribution in [0.15, 0.2) is 18.2 Å². The molecule has 1 aromatic carbocycles. The minimum absolute atomic E-state index is 0.137. The van der Waals surface area contributed by atoms with Crippen molar-refractivity contribution in [2.75, 3.05) is 12.4 Å². The highest BCUT2D eigenvalue weighted by Crippen LogP contribution is 2.36. The maximum Gasteiger partial charge on any atom is 0.416 e. The maximum absolute atomic E-state index is 12.5. The second-order valence-electron chi connectivity index (χ2n) is 4.42. The maximum atomic E-state index is 12.5. The summed E-state index contributed by atoms with van der Waals surface area (Å²) in [6.45, 7) is 0.235. The Bertz CT molecular complexity index is 480. The standard InChI is InChI=1S/C13H16F3NO3S/c14-13(15,16)10-5-6-12(11(9-10)17(18)19)20-7-3-1-2-4-8-21/h5-6,9,21H,1-4,7-8H2. The molecular weight excluding hydrogens is 307 g/mol. The number of halogens is 3. The molecule has 0 saturated heterocycles. The Hall–Kier alpha value is -1.44. The predicted molar refractivity (Wildman–Crippen MR) is 75.9 cm³/mol. The van der Waals surface area contributed by atoms with E-state index in [0.717, 1.165) is 37.1 Å². The fraction of sp³-hybridized carbons (Fsp3) is 0.538. The van der Waals surface area contributed by atoms with Gasteiger partial charge in [-0.15, -0.1) is 0 Å². The van der Waals surface area contributed by atoms with E-state index in [0.29, 0.717) is 12.5 Å². The Morgan fingerprint density at radius 3 is 2.43 bits per heavy atom. The van der Waals surface area contributed by atoms with E-state index in [2.05, 4.69) is 12.6 Å². The van der Waals surface area contributed by atoms with Crippen LogP contribution in [0.25, 0.3) is 0 Å². The molecule has 0 N–H and O–H groups in total. The second kappa shape index (κ2) is 8.11. The van der Waals surface area contributed by atoms with Crippen LogP contribution in [-0.4, -0.2) is 17.3 Å². The first-order chi connectivity index (χ1) is 9.86. The molecule has 0 fully saturated rings. The fourth-order valence-corrected chi connectivity index (χ4v) is 1.93. The molecule has 1 rings (SSSR count). The van der Waals surface area contributed by atoms with Gasteiger partial charge < -0.3 is 4.74 Å². The van der Waals surface area contributed by atoms with Gasteiger partial charge in [0.25, 0.3) is 0 Å². The van der Waals surface area contributed by atoms with Gasteiger partial charge in [0.15, 0.2) is 5.75 Å². The number of rotatable bonds is 8. The van der Waals surface area contributed by atoms with Crippen LogP contribution in [-0.2, 0) is 6.18 Å². The number of nitrogens with zero attached hydrogens (tertiary/aromatic N) is 1. The molecule has 0 saturated carbocycles. The topological polar surface area (TPSA) is 52.4 Å². The van der Waals surface area contributed by atoms with Gasteiger partial charge in [0.05, 0.1) is 17.1 Å². The molecule has 0 bridgehead atoms. The van der Waals surface area contributed by atoms with Crippen molar-refractivity contribution >= 4 is 18.3 Å². The average molecular weight is 323 g/mol. The van der Waals surface area contributed by atoms with E-state index < -0.39 is 22.4 Å². The zero-order valence-electron chi connectivity index (χ0n) is 11.2. The quantitative estimate of drug-likeness (QED) is 0.332. The van der Waals surface area contributed by atoms with Crippen LogP contribution < -0.4 is 4.74 Å². The third kappa shape index (κ3) is 5.82. The zero-order chi connectivity index (χ0) is 15.9. The highest BCUT2D eigenvalue weighted by atomic mass is 32.1. The smallest absolute Gasteiger partial charge is 0.416 e. The van der Waals surface area contributed by atoms with Crippen molar-refractivity contribution < 1.29 is 22.8 Å². The highest BCUT2D eigenvalue weighted by Gasteiger charge is 2.33. The predicted octanol–water partition coefficient (Wildman–Crippen LogP) is 4.48. The van der Waals surface area contributed by atoms with E-state index in [4.69, 9.17) is 4.74 Å². The van der Waals surface area contributed by atoms with Gasteiger partial charge in [-0.1, -0.05) is 12.8 Å². The monoisotopic (exact) mass is 323 g/mol. The number of thiol groups is 1. The number of benzene rings is 1. The molecule has 0 amide bonds. The molecule has 0 aliphatic rings. The van der Waals surface area contributed by atoms with Crippen LogP contribution in [0.1, 0.15) is 31.2 Å². The molecule has 0 heterocycles. The van der Waals surface area contributed by atoms with Crippen LogP contribution in [0.3, 0.4) is 0 Å². The summed E-state index contributed by atoms with van der Waals surface area (Å²) >= 11 is 4.07. The van der Waals surface area contributed by atoms with Crippen molar-refractivity contribution in [2.45, 2.75) is 31.9 Å². The molecule has 0 aliphatic carbocycles. The average Bonchev–Trinajstić information content (AvgIpc) is 2.41. The van der Waals surface area contributed by atoms with Gasteiger partial charge in [0.1, 0.15) is 0 Å². The van der Waals surface area contributed by atoms with Crippen LogP contribution in [0.2, 0.25) is 0 Å². The molecule has 118 valence electrons. The molecule has 0 atom stereocenters. The second-order valence-corrected chi connectivity index (χ2v) is 4.87. The Kier molecular flexibility index (Phi) is 6.80. The normalized spacial score (nSPS) is 11.4. The molecule has 0 aliphatic heterocycles. The third-order valence-electron chi connectivity index (χ3n) is 2.79. The van der Waals surface area contributed by atoms with E-state index in [-0.39, 0.29) is 12.4 Å². The Morgan fingerprint density at radius 1 is 1.19 bits per heavy atom. The lowest BCUT2D eigenvalue weighted by atomic mass is 10.2.